The Morgan fingerprint density at radius 1 is 1.50 bits per heavy atom. The minimum Gasteiger partial charge on any atom is -0.395 e. The van der Waals surface area contributed by atoms with E-state index in [0.29, 0.717) is 12.6 Å². The molecular weight excluding hydrogens is 231 g/mol. The van der Waals surface area contributed by atoms with Gasteiger partial charge in [-0.15, -0.1) is 0 Å². The van der Waals surface area contributed by atoms with Crippen LogP contribution in [-0.2, 0) is 0 Å². The molecule has 1 fully saturated rings. The monoisotopic (exact) mass is 252 g/mol. The fourth-order valence-electron chi connectivity index (χ4n) is 2.46. The second-order valence-electron chi connectivity index (χ2n) is 4.99. The third-order valence-electron chi connectivity index (χ3n) is 3.65. The van der Waals surface area contributed by atoms with Gasteiger partial charge in [-0.1, -0.05) is 0 Å². The van der Waals surface area contributed by atoms with Gasteiger partial charge in [0, 0.05) is 24.3 Å². The van der Waals surface area contributed by atoms with E-state index >= 15 is 0 Å². The van der Waals surface area contributed by atoms with Crippen molar-refractivity contribution in [3.63, 3.8) is 0 Å². The third kappa shape index (κ3) is 2.65. The zero-order chi connectivity index (χ0) is 13.1. The van der Waals surface area contributed by atoms with E-state index < -0.39 is 0 Å². The summed E-state index contributed by atoms with van der Waals surface area (Å²) in [6, 6.07) is 4.99. The summed E-state index contributed by atoms with van der Waals surface area (Å²) in [6.45, 7) is 2.54. The van der Waals surface area contributed by atoms with Crippen LogP contribution in [-0.4, -0.2) is 24.3 Å². The minimum absolute atomic E-state index is 0.103. The molecule has 0 aromatic heterocycles. The van der Waals surface area contributed by atoms with E-state index in [-0.39, 0.29) is 18.5 Å². The summed E-state index contributed by atoms with van der Waals surface area (Å²) >= 11 is 0. The average molecular weight is 252 g/mol. The predicted molar refractivity (Wildman–Crippen MR) is 71.1 cm³/mol. The number of aliphatic hydroxyl groups is 1. The first-order valence-corrected chi connectivity index (χ1v) is 6.56. The van der Waals surface area contributed by atoms with Crippen molar-refractivity contribution in [2.75, 3.05) is 18.1 Å². The molecule has 0 amide bonds. The van der Waals surface area contributed by atoms with Gasteiger partial charge in [-0.05, 0) is 49.9 Å². The molecule has 0 saturated heterocycles. The van der Waals surface area contributed by atoms with Crippen molar-refractivity contribution in [2.45, 2.75) is 38.3 Å². The van der Waals surface area contributed by atoms with Crippen molar-refractivity contribution in [1.82, 2.24) is 0 Å². The van der Waals surface area contributed by atoms with Crippen molar-refractivity contribution in [1.29, 1.82) is 0 Å². The van der Waals surface area contributed by atoms with E-state index in [0.717, 1.165) is 24.1 Å². The summed E-state index contributed by atoms with van der Waals surface area (Å²) in [4.78, 5) is 2.17. The lowest BCUT2D eigenvalue weighted by molar-refractivity contribution is 0.283. The molecule has 18 heavy (non-hydrogen) atoms. The quantitative estimate of drug-likeness (QED) is 0.844. The molecule has 0 spiro atoms. The van der Waals surface area contributed by atoms with Crippen molar-refractivity contribution in [3.05, 3.63) is 29.6 Å². The molecule has 1 saturated carbocycles. The molecule has 1 unspecified atom stereocenters. The van der Waals surface area contributed by atoms with Crippen molar-refractivity contribution in [3.8, 4) is 0 Å². The molecule has 1 atom stereocenters. The molecule has 0 heterocycles. The van der Waals surface area contributed by atoms with Crippen LogP contribution >= 0.6 is 0 Å². The largest absolute Gasteiger partial charge is 0.395 e. The summed E-state index contributed by atoms with van der Waals surface area (Å²) in [5.74, 6) is -0.261. The molecule has 3 N–H and O–H groups in total. The highest BCUT2D eigenvalue weighted by Crippen LogP contribution is 2.33. The van der Waals surface area contributed by atoms with Gasteiger partial charge in [0.1, 0.15) is 5.82 Å². The van der Waals surface area contributed by atoms with Crippen LogP contribution in [0.1, 0.15) is 37.8 Å². The highest BCUT2D eigenvalue weighted by molar-refractivity contribution is 5.56. The van der Waals surface area contributed by atoms with Crippen LogP contribution < -0.4 is 10.6 Å². The van der Waals surface area contributed by atoms with E-state index in [4.69, 9.17) is 5.73 Å². The van der Waals surface area contributed by atoms with Gasteiger partial charge in [-0.25, -0.2) is 4.39 Å². The number of hydrogen-bond donors (Lipinski definition) is 2. The van der Waals surface area contributed by atoms with Crippen LogP contribution in [0.2, 0.25) is 0 Å². The van der Waals surface area contributed by atoms with Gasteiger partial charge in [-0.3, -0.25) is 0 Å². The van der Waals surface area contributed by atoms with Gasteiger partial charge in [0.15, 0.2) is 0 Å². The topological polar surface area (TPSA) is 49.5 Å². The molecule has 0 aliphatic heterocycles. The third-order valence-corrected chi connectivity index (χ3v) is 3.65. The number of aliphatic hydroxyl groups excluding tert-OH is 1. The molecule has 4 heteroatoms. The maximum Gasteiger partial charge on any atom is 0.123 e. The van der Waals surface area contributed by atoms with E-state index in [2.05, 4.69) is 4.90 Å². The highest BCUT2D eigenvalue weighted by atomic mass is 19.1. The lowest BCUT2D eigenvalue weighted by Gasteiger charge is -2.40. The summed E-state index contributed by atoms with van der Waals surface area (Å²) in [6.07, 6.45) is 3.49. The second-order valence-corrected chi connectivity index (χ2v) is 4.99. The normalized spacial score (nSPS) is 17.3. The first-order valence-electron chi connectivity index (χ1n) is 6.56. The zero-order valence-electron chi connectivity index (χ0n) is 10.8. The zero-order valence-corrected chi connectivity index (χ0v) is 10.8. The molecule has 1 aliphatic rings. The molecule has 1 aromatic carbocycles. The Hall–Kier alpha value is -1.13. The predicted octanol–water partition coefficient (Wildman–Crippen LogP) is 2.20. The van der Waals surface area contributed by atoms with Gasteiger partial charge in [-0.2, -0.15) is 0 Å². The SMILES string of the molecule is CC(N)c1cc(F)ccc1N(CCO)C1CCC1. The van der Waals surface area contributed by atoms with Crippen LogP contribution in [0.5, 0.6) is 0 Å². The first kappa shape index (κ1) is 13.3. The molecule has 2 rings (SSSR count). The fourth-order valence-corrected chi connectivity index (χ4v) is 2.46. The number of nitrogens with two attached hydrogens (primary N) is 1. The minimum atomic E-state index is -0.261. The number of rotatable bonds is 5. The van der Waals surface area contributed by atoms with Gasteiger partial charge in [0.05, 0.1) is 6.61 Å². The summed E-state index contributed by atoms with van der Waals surface area (Å²) in [5, 5.41) is 9.20. The average Bonchev–Trinajstić information content (AvgIpc) is 2.26. The summed E-state index contributed by atoms with van der Waals surface area (Å²) in [5.41, 5.74) is 7.70. The van der Waals surface area contributed by atoms with Gasteiger partial charge >= 0.3 is 0 Å². The van der Waals surface area contributed by atoms with E-state index in [9.17, 15) is 9.50 Å². The molecule has 100 valence electrons. The van der Waals surface area contributed by atoms with Crippen LogP contribution in [0.3, 0.4) is 0 Å². The smallest absolute Gasteiger partial charge is 0.123 e. The Morgan fingerprint density at radius 2 is 2.22 bits per heavy atom. The molecule has 0 radical (unpaired) electrons. The Labute approximate surface area is 107 Å². The standard InChI is InChI=1S/C14H21FN2O/c1-10(16)13-9-11(15)5-6-14(13)17(7-8-18)12-3-2-4-12/h5-6,9-10,12,18H,2-4,7-8,16H2,1H3. The van der Waals surface area contributed by atoms with Crippen LogP contribution in [0, 0.1) is 5.82 Å². The molecule has 0 bridgehead atoms. The van der Waals surface area contributed by atoms with Crippen LogP contribution in [0.4, 0.5) is 10.1 Å². The number of halogens is 1. The van der Waals surface area contributed by atoms with Crippen LogP contribution in [0.15, 0.2) is 18.2 Å². The molecule has 1 aliphatic carbocycles. The highest BCUT2D eigenvalue weighted by Gasteiger charge is 2.26. The van der Waals surface area contributed by atoms with Crippen LogP contribution in [0.25, 0.3) is 0 Å². The Kier molecular flexibility index (Phi) is 4.19. The van der Waals surface area contributed by atoms with E-state index in [1.807, 2.05) is 6.92 Å². The Balaban J connectivity index is 2.33. The van der Waals surface area contributed by atoms with Crippen molar-refractivity contribution in [2.24, 2.45) is 5.73 Å². The van der Waals surface area contributed by atoms with E-state index in [1.54, 1.807) is 6.07 Å². The van der Waals surface area contributed by atoms with Gasteiger partial charge in [0.25, 0.3) is 0 Å². The van der Waals surface area contributed by atoms with Gasteiger partial charge in [0.2, 0.25) is 0 Å². The Morgan fingerprint density at radius 3 is 2.72 bits per heavy atom. The molecule has 1 aromatic rings. The lowest BCUT2D eigenvalue weighted by atomic mass is 9.90. The van der Waals surface area contributed by atoms with Gasteiger partial charge < -0.3 is 15.7 Å². The number of hydrogen-bond acceptors (Lipinski definition) is 3. The number of benzene rings is 1. The van der Waals surface area contributed by atoms with Crippen molar-refractivity contribution >= 4 is 5.69 Å². The Bertz CT molecular complexity index is 405. The fraction of sp³-hybridized carbons (Fsp3) is 0.571. The number of anilines is 1. The van der Waals surface area contributed by atoms with Crippen molar-refractivity contribution < 1.29 is 9.50 Å². The maximum atomic E-state index is 13.3. The maximum absolute atomic E-state index is 13.3. The summed E-state index contributed by atoms with van der Waals surface area (Å²) in [7, 11) is 0. The lowest BCUT2D eigenvalue weighted by Crippen LogP contribution is -2.42. The molecule has 3 nitrogen and oxygen atoms in total. The number of nitrogens with zero attached hydrogens (tertiary/aromatic N) is 1. The second kappa shape index (κ2) is 5.67. The first-order chi connectivity index (χ1) is 8.63. The van der Waals surface area contributed by atoms with E-state index in [1.165, 1.54) is 18.6 Å². The summed E-state index contributed by atoms with van der Waals surface area (Å²) < 4.78 is 13.3. The molecular formula is C14H21FN2O.